The number of nitrogens with zero attached hydrogens (tertiary/aromatic N) is 2. The molecule has 0 spiro atoms. The summed E-state index contributed by atoms with van der Waals surface area (Å²) in [5.41, 5.74) is -0.205. The van der Waals surface area contributed by atoms with E-state index in [9.17, 15) is 4.79 Å². The summed E-state index contributed by atoms with van der Waals surface area (Å²) in [5, 5.41) is 12.0. The molecule has 4 heteroatoms. The van der Waals surface area contributed by atoms with E-state index in [-0.39, 0.29) is 17.4 Å². The van der Waals surface area contributed by atoms with Gasteiger partial charge in [0.15, 0.2) is 0 Å². The monoisotopic (exact) mass is 237 g/mol. The van der Waals surface area contributed by atoms with Crippen LogP contribution < -0.4 is 5.32 Å². The van der Waals surface area contributed by atoms with Gasteiger partial charge >= 0.3 is 0 Å². The van der Waals surface area contributed by atoms with Crippen LogP contribution >= 0.6 is 0 Å². The maximum absolute atomic E-state index is 12.6. The van der Waals surface area contributed by atoms with Gasteiger partial charge in [-0.1, -0.05) is 6.92 Å². The van der Waals surface area contributed by atoms with Gasteiger partial charge in [0.25, 0.3) is 0 Å². The topological polar surface area (TPSA) is 56.1 Å². The molecule has 1 fully saturated rings. The predicted octanol–water partition coefficient (Wildman–Crippen LogP) is 1.53. The van der Waals surface area contributed by atoms with Crippen molar-refractivity contribution < 1.29 is 4.79 Å². The number of nitriles is 1. The van der Waals surface area contributed by atoms with Gasteiger partial charge < -0.3 is 10.2 Å². The van der Waals surface area contributed by atoms with Crippen molar-refractivity contribution in [3.05, 3.63) is 0 Å². The van der Waals surface area contributed by atoms with Crippen LogP contribution in [-0.4, -0.2) is 37.0 Å². The van der Waals surface area contributed by atoms with Crippen LogP contribution in [0.1, 0.15) is 39.5 Å². The van der Waals surface area contributed by atoms with E-state index >= 15 is 0 Å². The first-order valence-corrected chi connectivity index (χ1v) is 6.42. The maximum atomic E-state index is 12.6. The summed E-state index contributed by atoms with van der Waals surface area (Å²) in [7, 11) is 1.82. The van der Waals surface area contributed by atoms with E-state index in [1.54, 1.807) is 4.90 Å². The molecular formula is C13H23N3O. The standard InChI is InChI=1S/C13H23N3O/c1-4-13(6-9-15-10-7-13)12(17)16(3)11(2)5-8-14/h11,15H,4-7,9-10H2,1-3H3. The molecule has 1 atom stereocenters. The molecule has 0 aromatic heterocycles. The van der Waals surface area contributed by atoms with Gasteiger partial charge in [0, 0.05) is 13.1 Å². The number of nitrogens with one attached hydrogen (secondary N) is 1. The van der Waals surface area contributed by atoms with Gasteiger partial charge in [-0.2, -0.15) is 5.26 Å². The van der Waals surface area contributed by atoms with E-state index in [1.165, 1.54) is 0 Å². The molecule has 1 unspecified atom stereocenters. The minimum Gasteiger partial charge on any atom is -0.342 e. The lowest BCUT2D eigenvalue weighted by atomic mass is 9.75. The molecule has 1 saturated heterocycles. The highest BCUT2D eigenvalue weighted by molar-refractivity contribution is 5.83. The van der Waals surface area contributed by atoms with Gasteiger partial charge in [0.2, 0.25) is 5.91 Å². The van der Waals surface area contributed by atoms with Crippen molar-refractivity contribution in [2.24, 2.45) is 5.41 Å². The van der Waals surface area contributed by atoms with E-state index < -0.39 is 0 Å². The zero-order chi connectivity index (χ0) is 12.9. The Balaban J connectivity index is 2.75. The molecule has 1 amide bonds. The second-order valence-corrected chi connectivity index (χ2v) is 5.01. The number of rotatable bonds is 4. The molecule has 0 aromatic carbocycles. The Hall–Kier alpha value is -1.08. The normalized spacial score (nSPS) is 20.4. The van der Waals surface area contributed by atoms with Crippen LogP contribution in [0.4, 0.5) is 0 Å². The number of hydrogen-bond donors (Lipinski definition) is 1. The number of piperidine rings is 1. The number of hydrogen-bond acceptors (Lipinski definition) is 3. The highest BCUT2D eigenvalue weighted by Gasteiger charge is 2.40. The average molecular weight is 237 g/mol. The van der Waals surface area contributed by atoms with Crippen molar-refractivity contribution in [3.63, 3.8) is 0 Å². The molecule has 17 heavy (non-hydrogen) atoms. The molecule has 1 rings (SSSR count). The molecule has 1 aliphatic heterocycles. The van der Waals surface area contributed by atoms with Crippen molar-refractivity contribution in [1.29, 1.82) is 5.26 Å². The first kappa shape index (κ1) is 14.0. The van der Waals surface area contributed by atoms with Crippen LogP contribution in [0.15, 0.2) is 0 Å². The lowest BCUT2D eigenvalue weighted by molar-refractivity contribution is -0.144. The number of carbonyl (C=O) groups excluding carboxylic acids is 1. The third-order valence-electron chi connectivity index (χ3n) is 4.06. The fraction of sp³-hybridized carbons (Fsp3) is 0.846. The maximum Gasteiger partial charge on any atom is 0.228 e. The first-order valence-electron chi connectivity index (χ1n) is 6.42. The van der Waals surface area contributed by atoms with Crippen LogP contribution in [0, 0.1) is 16.7 Å². The van der Waals surface area contributed by atoms with Crippen LogP contribution in [-0.2, 0) is 4.79 Å². The lowest BCUT2D eigenvalue weighted by Crippen LogP contribution is -2.50. The van der Waals surface area contributed by atoms with Gasteiger partial charge in [-0.3, -0.25) is 4.79 Å². The molecule has 0 aromatic rings. The first-order chi connectivity index (χ1) is 8.07. The van der Waals surface area contributed by atoms with E-state index in [1.807, 2.05) is 14.0 Å². The summed E-state index contributed by atoms with van der Waals surface area (Å²) in [5.74, 6) is 0.212. The number of amides is 1. The minimum absolute atomic E-state index is 0.00538. The second kappa shape index (κ2) is 6.02. The van der Waals surface area contributed by atoms with Gasteiger partial charge in [-0.25, -0.2) is 0 Å². The Morgan fingerprint density at radius 3 is 2.59 bits per heavy atom. The average Bonchev–Trinajstić information content (AvgIpc) is 2.38. The van der Waals surface area contributed by atoms with Crippen molar-refractivity contribution in [2.75, 3.05) is 20.1 Å². The summed E-state index contributed by atoms with van der Waals surface area (Å²) in [4.78, 5) is 14.3. The van der Waals surface area contributed by atoms with Gasteiger partial charge in [0.05, 0.1) is 17.9 Å². The Morgan fingerprint density at radius 2 is 2.12 bits per heavy atom. The molecule has 0 aliphatic carbocycles. The van der Waals surface area contributed by atoms with Crippen molar-refractivity contribution >= 4 is 5.91 Å². The van der Waals surface area contributed by atoms with Gasteiger partial charge in [-0.15, -0.1) is 0 Å². The van der Waals surface area contributed by atoms with Crippen molar-refractivity contribution in [1.82, 2.24) is 10.2 Å². The van der Waals surface area contributed by atoms with E-state index in [2.05, 4.69) is 18.3 Å². The summed E-state index contributed by atoms with van der Waals surface area (Å²) in [6.07, 6.45) is 3.11. The van der Waals surface area contributed by atoms with E-state index in [0.717, 1.165) is 32.4 Å². The Labute approximate surface area is 104 Å². The van der Waals surface area contributed by atoms with E-state index in [0.29, 0.717) is 6.42 Å². The Kier molecular flexibility index (Phi) is 4.95. The quantitative estimate of drug-likeness (QED) is 0.806. The second-order valence-electron chi connectivity index (χ2n) is 5.01. The molecule has 0 bridgehead atoms. The summed E-state index contributed by atoms with van der Waals surface area (Å²) < 4.78 is 0. The molecule has 1 aliphatic rings. The fourth-order valence-electron chi connectivity index (χ4n) is 2.47. The fourth-order valence-corrected chi connectivity index (χ4v) is 2.47. The molecule has 0 radical (unpaired) electrons. The zero-order valence-corrected chi connectivity index (χ0v) is 11.1. The molecule has 96 valence electrons. The molecule has 1 heterocycles. The minimum atomic E-state index is -0.205. The SMILES string of the molecule is CCC1(C(=O)N(C)C(C)CC#N)CCNCC1. The number of carbonyl (C=O) groups is 1. The highest BCUT2D eigenvalue weighted by atomic mass is 16.2. The van der Waals surface area contributed by atoms with Crippen LogP contribution in [0.5, 0.6) is 0 Å². The van der Waals surface area contributed by atoms with E-state index in [4.69, 9.17) is 5.26 Å². The Bertz CT molecular complexity index is 302. The van der Waals surface area contributed by atoms with Crippen LogP contribution in [0.25, 0.3) is 0 Å². The summed E-state index contributed by atoms with van der Waals surface area (Å²) >= 11 is 0. The molecule has 4 nitrogen and oxygen atoms in total. The zero-order valence-electron chi connectivity index (χ0n) is 11.1. The van der Waals surface area contributed by atoms with Crippen LogP contribution in [0.3, 0.4) is 0 Å². The third-order valence-corrected chi connectivity index (χ3v) is 4.06. The lowest BCUT2D eigenvalue weighted by Gasteiger charge is -2.39. The Morgan fingerprint density at radius 1 is 1.53 bits per heavy atom. The smallest absolute Gasteiger partial charge is 0.228 e. The molecule has 0 saturated carbocycles. The van der Waals surface area contributed by atoms with Gasteiger partial charge in [0.1, 0.15) is 0 Å². The summed E-state index contributed by atoms with van der Waals surface area (Å²) in [6.45, 7) is 5.86. The van der Waals surface area contributed by atoms with Crippen LogP contribution in [0.2, 0.25) is 0 Å². The molecular weight excluding hydrogens is 214 g/mol. The third kappa shape index (κ3) is 2.98. The molecule has 1 N–H and O–H groups in total. The van der Waals surface area contributed by atoms with Crippen molar-refractivity contribution in [3.8, 4) is 6.07 Å². The van der Waals surface area contributed by atoms with Crippen molar-refractivity contribution in [2.45, 2.75) is 45.6 Å². The van der Waals surface area contributed by atoms with Gasteiger partial charge in [-0.05, 0) is 39.3 Å². The largest absolute Gasteiger partial charge is 0.342 e. The highest BCUT2D eigenvalue weighted by Crippen LogP contribution is 2.34. The summed E-state index contributed by atoms with van der Waals surface area (Å²) in [6, 6.07) is 2.14. The predicted molar refractivity (Wildman–Crippen MR) is 67.3 cm³/mol.